The summed E-state index contributed by atoms with van der Waals surface area (Å²) in [5, 5.41) is 11.3. The molecule has 2 aliphatic heterocycles. The van der Waals surface area contributed by atoms with Crippen LogP contribution in [0.25, 0.3) is 0 Å². The van der Waals surface area contributed by atoms with Crippen molar-refractivity contribution in [1.29, 1.82) is 0 Å². The van der Waals surface area contributed by atoms with Crippen molar-refractivity contribution in [2.45, 2.75) is 31.8 Å². The highest BCUT2D eigenvalue weighted by Crippen LogP contribution is 2.31. The molecule has 2 saturated heterocycles. The Bertz CT molecular complexity index is 592. The van der Waals surface area contributed by atoms with Gasteiger partial charge in [-0.15, -0.1) is 0 Å². The molecule has 3 rings (SSSR count). The van der Waals surface area contributed by atoms with Crippen LogP contribution in [0.15, 0.2) is 18.2 Å². The number of anilines is 1. The van der Waals surface area contributed by atoms with Gasteiger partial charge in [0.2, 0.25) is 0 Å². The average Bonchev–Trinajstić information content (AvgIpc) is 3.25. The van der Waals surface area contributed by atoms with Crippen LogP contribution in [0.4, 0.5) is 11.4 Å². The van der Waals surface area contributed by atoms with Crippen molar-refractivity contribution in [3.63, 3.8) is 0 Å². The summed E-state index contributed by atoms with van der Waals surface area (Å²) in [6.45, 7) is 2.51. The van der Waals surface area contributed by atoms with Crippen LogP contribution in [-0.2, 0) is 9.47 Å². The van der Waals surface area contributed by atoms with E-state index in [9.17, 15) is 14.9 Å². The molecular formula is C16H20N2O5. The van der Waals surface area contributed by atoms with Crippen molar-refractivity contribution in [1.82, 2.24) is 0 Å². The number of rotatable bonds is 5. The van der Waals surface area contributed by atoms with E-state index < -0.39 is 10.9 Å². The predicted molar refractivity (Wildman–Crippen MR) is 83.8 cm³/mol. The standard InChI is InChI=1S/C16H20N2O5/c19-16(23-11-13-4-3-9-22-13)12-5-6-14(15(10-12)18(20)21)17-7-1-2-8-17/h5-6,10,13H,1-4,7-9,11H2. The van der Waals surface area contributed by atoms with Gasteiger partial charge in [-0.25, -0.2) is 4.79 Å². The maximum Gasteiger partial charge on any atom is 0.338 e. The van der Waals surface area contributed by atoms with E-state index in [0.717, 1.165) is 38.8 Å². The number of nitro groups is 1. The Balaban J connectivity index is 1.72. The molecule has 1 aromatic rings. The van der Waals surface area contributed by atoms with Crippen LogP contribution >= 0.6 is 0 Å². The molecule has 7 nitrogen and oxygen atoms in total. The number of hydrogen-bond donors (Lipinski definition) is 0. The van der Waals surface area contributed by atoms with Gasteiger partial charge in [-0.05, 0) is 37.8 Å². The molecular weight excluding hydrogens is 300 g/mol. The summed E-state index contributed by atoms with van der Waals surface area (Å²) in [5.41, 5.74) is 0.735. The van der Waals surface area contributed by atoms with Gasteiger partial charge in [-0.3, -0.25) is 10.1 Å². The number of esters is 1. The molecule has 2 aliphatic rings. The highest BCUT2D eigenvalue weighted by atomic mass is 16.6. The summed E-state index contributed by atoms with van der Waals surface area (Å²) in [6, 6.07) is 4.55. The van der Waals surface area contributed by atoms with Gasteiger partial charge in [0.25, 0.3) is 5.69 Å². The summed E-state index contributed by atoms with van der Waals surface area (Å²) in [7, 11) is 0. The van der Waals surface area contributed by atoms with Gasteiger partial charge >= 0.3 is 5.97 Å². The number of nitro benzene ring substituents is 1. The molecule has 0 amide bonds. The number of benzene rings is 1. The van der Waals surface area contributed by atoms with Crippen LogP contribution in [0.3, 0.4) is 0 Å². The molecule has 0 spiro atoms. The monoisotopic (exact) mass is 320 g/mol. The maximum atomic E-state index is 12.1. The molecule has 23 heavy (non-hydrogen) atoms. The van der Waals surface area contributed by atoms with Crippen molar-refractivity contribution in [3.05, 3.63) is 33.9 Å². The minimum Gasteiger partial charge on any atom is -0.459 e. The molecule has 0 aliphatic carbocycles. The van der Waals surface area contributed by atoms with E-state index in [4.69, 9.17) is 9.47 Å². The number of carbonyl (C=O) groups is 1. The first kappa shape index (κ1) is 15.7. The van der Waals surface area contributed by atoms with Gasteiger partial charge in [0.05, 0.1) is 16.6 Å². The van der Waals surface area contributed by atoms with Gasteiger partial charge < -0.3 is 14.4 Å². The molecule has 0 aromatic heterocycles. The SMILES string of the molecule is O=C(OCC1CCCO1)c1ccc(N2CCCC2)c([N+](=O)[O-])c1. The molecule has 0 saturated carbocycles. The Labute approximate surface area is 134 Å². The molecule has 2 fully saturated rings. The Kier molecular flexibility index (Phi) is 4.76. The molecule has 0 N–H and O–H groups in total. The quantitative estimate of drug-likeness (QED) is 0.471. The zero-order chi connectivity index (χ0) is 16.2. The van der Waals surface area contributed by atoms with Crippen molar-refractivity contribution in [2.24, 2.45) is 0 Å². The Morgan fingerprint density at radius 3 is 2.78 bits per heavy atom. The summed E-state index contributed by atoms with van der Waals surface area (Å²) in [6.07, 6.45) is 3.85. The van der Waals surface area contributed by atoms with E-state index in [1.165, 1.54) is 6.07 Å². The molecule has 0 bridgehead atoms. The van der Waals surface area contributed by atoms with Gasteiger partial charge in [0.1, 0.15) is 12.3 Å². The minimum absolute atomic E-state index is 0.0431. The fraction of sp³-hybridized carbons (Fsp3) is 0.562. The third kappa shape index (κ3) is 3.61. The normalized spacial score (nSPS) is 20.7. The average molecular weight is 320 g/mol. The Morgan fingerprint density at radius 2 is 2.13 bits per heavy atom. The number of hydrogen-bond acceptors (Lipinski definition) is 6. The highest BCUT2D eigenvalue weighted by Gasteiger charge is 2.25. The number of nitrogens with zero attached hydrogens (tertiary/aromatic N) is 2. The second-order valence-electron chi connectivity index (χ2n) is 5.89. The van der Waals surface area contributed by atoms with Crippen molar-refractivity contribution in [2.75, 3.05) is 31.2 Å². The highest BCUT2D eigenvalue weighted by molar-refractivity contribution is 5.91. The van der Waals surface area contributed by atoms with Crippen LogP contribution in [0, 0.1) is 10.1 Å². The van der Waals surface area contributed by atoms with E-state index in [0.29, 0.717) is 12.3 Å². The van der Waals surface area contributed by atoms with Crippen LogP contribution in [-0.4, -0.2) is 43.3 Å². The van der Waals surface area contributed by atoms with Gasteiger partial charge in [-0.1, -0.05) is 0 Å². The third-order valence-electron chi connectivity index (χ3n) is 4.28. The smallest absolute Gasteiger partial charge is 0.338 e. The predicted octanol–water partition coefficient (Wildman–Crippen LogP) is 2.53. The molecule has 0 radical (unpaired) electrons. The first-order valence-corrected chi connectivity index (χ1v) is 7.97. The van der Waals surface area contributed by atoms with E-state index in [2.05, 4.69) is 0 Å². The zero-order valence-electron chi connectivity index (χ0n) is 12.9. The van der Waals surface area contributed by atoms with E-state index in [1.807, 2.05) is 4.90 Å². The largest absolute Gasteiger partial charge is 0.459 e. The van der Waals surface area contributed by atoms with Crippen LogP contribution in [0.1, 0.15) is 36.0 Å². The summed E-state index contributed by atoms with van der Waals surface area (Å²) < 4.78 is 10.6. The fourth-order valence-corrected chi connectivity index (χ4v) is 3.05. The van der Waals surface area contributed by atoms with Crippen LogP contribution < -0.4 is 4.90 Å². The lowest BCUT2D eigenvalue weighted by Crippen LogP contribution is -2.20. The third-order valence-corrected chi connectivity index (χ3v) is 4.28. The number of carbonyl (C=O) groups excluding carboxylic acids is 1. The van der Waals surface area contributed by atoms with Gasteiger partial charge in [-0.2, -0.15) is 0 Å². The Hall–Kier alpha value is -2.15. The van der Waals surface area contributed by atoms with E-state index >= 15 is 0 Å². The number of ether oxygens (including phenoxy) is 2. The maximum absolute atomic E-state index is 12.1. The molecule has 2 heterocycles. The lowest BCUT2D eigenvalue weighted by Gasteiger charge is -2.17. The van der Waals surface area contributed by atoms with E-state index in [1.54, 1.807) is 12.1 Å². The molecule has 1 atom stereocenters. The lowest BCUT2D eigenvalue weighted by atomic mass is 10.1. The molecule has 1 unspecified atom stereocenters. The zero-order valence-corrected chi connectivity index (χ0v) is 12.9. The van der Waals surface area contributed by atoms with Crippen molar-refractivity contribution < 1.29 is 19.2 Å². The van der Waals surface area contributed by atoms with Crippen molar-refractivity contribution >= 4 is 17.3 Å². The summed E-state index contributed by atoms with van der Waals surface area (Å²) in [5.74, 6) is -0.545. The Morgan fingerprint density at radius 1 is 1.35 bits per heavy atom. The second-order valence-corrected chi connectivity index (χ2v) is 5.89. The topological polar surface area (TPSA) is 81.9 Å². The van der Waals surface area contributed by atoms with Gasteiger partial charge in [0.15, 0.2) is 0 Å². The minimum atomic E-state index is -0.545. The lowest BCUT2D eigenvalue weighted by molar-refractivity contribution is -0.384. The fourth-order valence-electron chi connectivity index (χ4n) is 3.05. The summed E-state index contributed by atoms with van der Waals surface area (Å²) in [4.78, 5) is 25.0. The van der Waals surface area contributed by atoms with Crippen molar-refractivity contribution in [3.8, 4) is 0 Å². The van der Waals surface area contributed by atoms with Crippen LogP contribution in [0.2, 0.25) is 0 Å². The van der Waals surface area contributed by atoms with E-state index in [-0.39, 0.29) is 24.0 Å². The first-order valence-electron chi connectivity index (χ1n) is 7.97. The molecule has 124 valence electrons. The molecule has 7 heteroatoms. The molecule has 1 aromatic carbocycles. The van der Waals surface area contributed by atoms with Crippen LogP contribution in [0.5, 0.6) is 0 Å². The van der Waals surface area contributed by atoms with Gasteiger partial charge in [0, 0.05) is 25.8 Å². The first-order chi connectivity index (χ1) is 11.1. The second kappa shape index (κ2) is 6.95. The summed E-state index contributed by atoms with van der Waals surface area (Å²) >= 11 is 0.